The lowest BCUT2D eigenvalue weighted by atomic mass is 10.1. The van der Waals surface area contributed by atoms with Gasteiger partial charge in [-0.05, 0) is 30.0 Å². The number of pyridine rings is 1. The predicted octanol–water partition coefficient (Wildman–Crippen LogP) is 2.88. The van der Waals surface area contributed by atoms with E-state index >= 15 is 0 Å². The van der Waals surface area contributed by atoms with Gasteiger partial charge in [0.15, 0.2) is 9.84 Å². The van der Waals surface area contributed by atoms with Gasteiger partial charge in [-0.2, -0.15) is 0 Å². The molecule has 1 saturated heterocycles. The predicted molar refractivity (Wildman–Crippen MR) is 99.6 cm³/mol. The van der Waals surface area contributed by atoms with E-state index in [0.29, 0.717) is 12.0 Å². The normalized spacial score (nSPS) is 19.1. The number of sulfone groups is 1. The number of carbonyl (C=O) groups is 1. The van der Waals surface area contributed by atoms with Crippen molar-refractivity contribution < 1.29 is 13.2 Å². The second kappa shape index (κ2) is 6.24. The molecule has 0 spiro atoms. The van der Waals surface area contributed by atoms with Gasteiger partial charge in [-0.1, -0.05) is 24.3 Å². The average molecular weight is 372 g/mol. The Labute approximate surface area is 149 Å². The third kappa shape index (κ3) is 3.29. The number of fused-ring (bicyclic) bond motifs is 1. The van der Waals surface area contributed by atoms with Crippen LogP contribution < -0.4 is 5.32 Å². The quantitative estimate of drug-likeness (QED) is 0.767. The highest BCUT2D eigenvalue weighted by Gasteiger charge is 2.29. The molecule has 1 aliphatic rings. The maximum Gasteiger partial charge on any atom is 0.252 e. The first kappa shape index (κ1) is 16.2. The van der Waals surface area contributed by atoms with Gasteiger partial charge in [0.05, 0.1) is 33.2 Å². The zero-order valence-electron chi connectivity index (χ0n) is 13.3. The lowest BCUT2D eigenvalue weighted by Gasteiger charge is -2.13. The number of benzene rings is 1. The fraction of sp³-hybridized carbons (Fsp3) is 0.222. The topological polar surface area (TPSA) is 76.1 Å². The van der Waals surface area contributed by atoms with Crippen molar-refractivity contribution in [3.05, 3.63) is 53.4 Å². The van der Waals surface area contributed by atoms with E-state index in [4.69, 9.17) is 0 Å². The van der Waals surface area contributed by atoms with Gasteiger partial charge >= 0.3 is 0 Å². The molecule has 25 heavy (non-hydrogen) atoms. The van der Waals surface area contributed by atoms with Crippen LogP contribution in [0.25, 0.3) is 21.5 Å². The van der Waals surface area contributed by atoms with Crippen LogP contribution in [0.3, 0.4) is 0 Å². The third-order valence-corrected chi connectivity index (χ3v) is 6.96. The van der Waals surface area contributed by atoms with Gasteiger partial charge < -0.3 is 5.32 Å². The van der Waals surface area contributed by atoms with Gasteiger partial charge in [-0.3, -0.25) is 4.79 Å². The van der Waals surface area contributed by atoms with Crippen LogP contribution >= 0.6 is 11.3 Å². The molecule has 1 aromatic carbocycles. The Morgan fingerprint density at radius 3 is 2.76 bits per heavy atom. The Morgan fingerprint density at radius 1 is 1.20 bits per heavy atom. The second-order valence-electron chi connectivity index (χ2n) is 6.12. The van der Waals surface area contributed by atoms with E-state index in [1.165, 1.54) is 0 Å². The molecule has 128 valence electrons. The molecular formula is C18H16N2O3S2. The monoisotopic (exact) mass is 372 g/mol. The average Bonchev–Trinajstić information content (AvgIpc) is 3.23. The molecule has 1 amide bonds. The number of amides is 1. The third-order valence-electron chi connectivity index (χ3n) is 4.30. The van der Waals surface area contributed by atoms with Gasteiger partial charge in [0, 0.05) is 11.4 Å². The number of thiophene rings is 1. The highest BCUT2D eigenvalue weighted by Crippen LogP contribution is 2.28. The van der Waals surface area contributed by atoms with Gasteiger partial charge in [-0.15, -0.1) is 11.3 Å². The van der Waals surface area contributed by atoms with Crippen LogP contribution in [0, 0.1) is 0 Å². The zero-order chi connectivity index (χ0) is 17.4. The molecule has 0 saturated carbocycles. The molecule has 1 atom stereocenters. The van der Waals surface area contributed by atoms with Crippen molar-refractivity contribution in [3.63, 3.8) is 0 Å². The Bertz CT molecular complexity index is 1040. The van der Waals surface area contributed by atoms with E-state index in [0.717, 1.165) is 21.5 Å². The van der Waals surface area contributed by atoms with Crippen molar-refractivity contribution in [1.29, 1.82) is 0 Å². The minimum atomic E-state index is -3.03. The Kier molecular flexibility index (Phi) is 4.05. The summed E-state index contributed by atoms with van der Waals surface area (Å²) < 4.78 is 23.2. The van der Waals surface area contributed by atoms with Crippen molar-refractivity contribution >= 4 is 38.0 Å². The van der Waals surface area contributed by atoms with Crippen LogP contribution in [0.15, 0.2) is 47.8 Å². The lowest BCUT2D eigenvalue weighted by Crippen LogP contribution is -2.35. The largest absolute Gasteiger partial charge is 0.348 e. The fourth-order valence-corrected chi connectivity index (χ4v) is 5.45. The minimum Gasteiger partial charge on any atom is -0.348 e. The number of hydrogen-bond acceptors (Lipinski definition) is 5. The molecule has 1 aliphatic heterocycles. The van der Waals surface area contributed by atoms with Crippen molar-refractivity contribution in [2.75, 3.05) is 11.5 Å². The number of para-hydroxylation sites is 1. The summed E-state index contributed by atoms with van der Waals surface area (Å²) in [4.78, 5) is 18.5. The molecule has 1 fully saturated rings. The van der Waals surface area contributed by atoms with Crippen molar-refractivity contribution in [2.45, 2.75) is 12.5 Å². The molecule has 0 unspecified atom stereocenters. The van der Waals surface area contributed by atoms with Crippen LogP contribution in [-0.2, 0) is 9.84 Å². The van der Waals surface area contributed by atoms with E-state index in [2.05, 4.69) is 10.3 Å². The molecule has 0 aliphatic carbocycles. The number of carbonyl (C=O) groups excluding carboxylic acids is 1. The lowest BCUT2D eigenvalue weighted by molar-refractivity contribution is 0.0943. The van der Waals surface area contributed by atoms with Crippen LogP contribution in [0.5, 0.6) is 0 Å². The van der Waals surface area contributed by atoms with E-state index in [9.17, 15) is 13.2 Å². The SMILES string of the molecule is O=C(N[C@@H]1CCS(=O)(=O)C1)c1cc(-c2cccs2)nc2ccccc12. The van der Waals surface area contributed by atoms with Crippen LogP contribution in [0.1, 0.15) is 16.8 Å². The van der Waals surface area contributed by atoms with Gasteiger partial charge in [0.1, 0.15) is 0 Å². The number of nitrogens with one attached hydrogen (secondary N) is 1. The summed E-state index contributed by atoms with van der Waals surface area (Å²) in [6.07, 6.45) is 0.467. The molecule has 2 aromatic heterocycles. The van der Waals surface area contributed by atoms with Crippen molar-refractivity contribution in [2.24, 2.45) is 0 Å². The molecule has 3 aromatic rings. The van der Waals surface area contributed by atoms with E-state index in [1.54, 1.807) is 17.4 Å². The molecule has 3 heterocycles. The maximum atomic E-state index is 12.8. The summed E-state index contributed by atoms with van der Waals surface area (Å²) >= 11 is 1.56. The molecule has 4 rings (SSSR count). The summed E-state index contributed by atoms with van der Waals surface area (Å²) in [5, 5.41) is 5.61. The number of hydrogen-bond donors (Lipinski definition) is 1. The first-order chi connectivity index (χ1) is 12.0. The number of aromatic nitrogens is 1. The number of nitrogens with zero attached hydrogens (tertiary/aromatic N) is 1. The van der Waals surface area contributed by atoms with Crippen molar-refractivity contribution in [3.8, 4) is 10.6 Å². The first-order valence-electron chi connectivity index (χ1n) is 7.97. The van der Waals surface area contributed by atoms with Crippen molar-refractivity contribution in [1.82, 2.24) is 10.3 Å². The standard InChI is InChI=1S/C18H16N2O3S2/c21-18(19-12-7-9-25(22,23)11-12)14-10-16(17-6-3-8-24-17)20-15-5-2-1-4-13(14)15/h1-6,8,10,12H,7,9,11H2,(H,19,21)/t12-/m1/s1. The smallest absolute Gasteiger partial charge is 0.252 e. The molecule has 0 radical (unpaired) electrons. The van der Waals surface area contributed by atoms with E-state index in [1.807, 2.05) is 41.8 Å². The Morgan fingerprint density at radius 2 is 2.04 bits per heavy atom. The fourth-order valence-electron chi connectivity index (χ4n) is 3.09. The summed E-state index contributed by atoms with van der Waals surface area (Å²) in [5.74, 6) is -0.104. The first-order valence-corrected chi connectivity index (χ1v) is 10.7. The summed E-state index contributed by atoms with van der Waals surface area (Å²) in [7, 11) is -3.03. The van der Waals surface area contributed by atoms with Gasteiger partial charge in [-0.25, -0.2) is 13.4 Å². The van der Waals surface area contributed by atoms with Crippen LogP contribution in [-0.4, -0.2) is 36.9 Å². The minimum absolute atomic E-state index is 0.0134. The Hall–Kier alpha value is -2.25. The van der Waals surface area contributed by atoms with Gasteiger partial charge in [0.25, 0.3) is 5.91 Å². The summed E-state index contributed by atoms with van der Waals surface area (Å²) in [5.41, 5.74) is 2.02. The van der Waals surface area contributed by atoms with Gasteiger partial charge in [0.2, 0.25) is 0 Å². The maximum absolute atomic E-state index is 12.8. The van der Waals surface area contributed by atoms with E-state index in [-0.39, 0.29) is 23.5 Å². The zero-order valence-corrected chi connectivity index (χ0v) is 14.9. The molecule has 5 nitrogen and oxygen atoms in total. The Balaban J connectivity index is 1.73. The molecule has 1 N–H and O–H groups in total. The summed E-state index contributed by atoms with van der Waals surface area (Å²) in [6.45, 7) is 0. The summed E-state index contributed by atoms with van der Waals surface area (Å²) in [6, 6.07) is 12.9. The number of rotatable bonds is 3. The molecule has 7 heteroatoms. The van der Waals surface area contributed by atoms with Crippen LogP contribution in [0.2, 0.25) is 0 Å². The van der Waals surface area contributed by atoms with E-state index < -0.39 is 9.84 Å². The van der Waals surface area contributed by atoms with Crippen LogP contribution in [0.4, 0.5) is 0 Å². The second-order valence-corrected chi connectivity index (χ2v) is 9.30. The molecular weight excluding hydrogens is 356 g/mol. The highest BCUT2D eigenvalue weighted by atomic mass is 32.2. The molecule has 0 bridgehead atoms. The highest BCUT2D eigenvalue weighted by molar-refractivity contribution is 7.91.